The van der Waals surface area contributed by atoms with E-state index in [4.69, 9.17) is 14.7 Å². The summed E-state index contributed by atoms with van der Waals surface area (Å²) in [5.41, 5.74) is 3.05. The van der Waals surface area contributed by atoms with Crippen molar-refractivity contribution in [3.8, 4) is 23.3 Å². The summed E-state index contributed by atoms with van der Waals surface area (Å²) in [7, 11) is 0. The lowest BCUT2D eigenvalue weighted by Gasteiger charge is -2.17. The number of carbonyl (C=O) groups excluding carboxylic acids is 1. The number of hydrogen-bond donors (Lipinski definition) is 0. The zero-order valence-electron chi connectivity index (χ0n) is 14.5. The van der Waals surface area contributed by atoms with Crippen molar-refractivity contribution in [2.45, 2.75) is 12.8 Å². The Bertz CT molecular complexity index is 1040. The van der Waals surface area contributed by atoms with Gasteiger partial charge in [0, 0.05) is 25.1 Å². The number of aromatic nitrogens is 1. The fourth-order valence-corrected chi connectivity index (χ4v) is 2.97. The first-order valence-corrected chi connectivity index (χ1v) is 8.64. The second-order valence-electron chi connectivity index (χ2n) is 6.22. The number of Topliss-reactive ketones (excluding diaryl/α,β-unsaturated/α-hetero) is 1. The summed E-state index contributed by atoms with van der Waals surface area (Å²) in [5.74, 6) is 1.88. The Kier molecular flexibility index (Phi) is 4.54. The molecule has 1 aliphatic rings. The van der Waals surface area contributed by atoms with Gasteiger partial charge >= 0.3 is 0 Å². The molecule has 0 bridgehead atoms. The molecule has 4 rings (SSSR count). The van der Waals surface area contributed by atoms with Crippen LogP contribution in [0.25, 0.3) is 0 Å². The van der Waals surface area contributed by atoms with Crippen LogP contribution < -0.4 is 9.47 Å². The number of pyridine rings is 1. The van der Waals surface area contributed by atoms with Crippen LogP contribution in [0.4, 0.5) is 0 Å². The van der Waals surface area contributed by atoms with Gasteiger partial charge < -0.3 is 9.47 Å². The lowest BCUT2D eigenvalue weighted by Crippen LogP contribution is -2.15. The fraction of sp³-hybridized carbons (Fsp3) is 0.136. The topological polar surface area (TPSA) is 72.2 Å². The number of nitriles is 1. The van der Waals surface area contributed by atoms with Gasteiger partial charge in [-0.05, 0) is 42.0 Å². The van der Waals surface area contributed by atoms with Crippen molar-refractivity contribution in [1.29, 1.82) is 5.26 Å². The van der Waals surface area contributed by atoms with Crippen LogP contribution in [0.1, 0.15) is 33.6 Å². The van der Waals surface area contributed by atoms with Gasteiger partial charge in [0.05, 0.1) is 29.5 Å². The van der Waals surface area contributed by atoms with Gasteiger partial charge in [0.25, 0.3) is 0 Å². The van der Waals surface area contributed by atoms with Gasteiger partial charge in [-0.25, -0.2) is 0 Å². The average Bonchev–Trinajstić information content (AvgIpc) is 2.70. The maximum absolute atomic E-state index is 11.9. The third kappa shape index (κ3) is 3.65. The normalized spacial score (nSPS) is 12.6. The number of fused-ring (bicyclic) bond motifs is 1. The second kappa shape index (κ2) is 7.30. The zero-order chi connectivity index (χ0) is 18.6. The molecule has 5 nitrogen and oxygen atoms in total. The van der Waals surface area contributed by atoms with Gasteiger partial charge in [-0.2, -0.15) is 5.26 Å². The Hall–Kier alpha value is -3.65. The van der Waals surface area contributed by atoms with Crippen LogP contribution in [0.15, 0.2) is 60.8 Å². The van der Waals surface area contributed by atoms with Gasteiger partial charge in [-0.1, -0.05) is 12.1 Å². The molecule has 0 saturated carbocycles. The molecule has 3 aromatic rings. The van der Waals surface area contributed by atoms with E-state index in [2.05, 4.69) is 11.1 Å². The van der Waals surface area contributed by atoms with Crippen LogP contribution in [-0.2, 0) is 6.42 Å². The molecule has 1 aromatic heterocycles. The summed E-state index contributed by atoms with van der Waals surface area (Å²) in [5, 5.41) is 8.91. The van der Waals surface area contributed by atoms with Crippen molar-refractivity contribution in [3.05, 3.63) is 83.2 Å². The van der Waals surface area contributed by atoms with Crippen molar-refractivity contribution >= 4 is 5.78 Å². The van der Waals surface area contributed by atoms with Crippen LogP contribution in [0, 0.1) is 11.3 Å². The summed E-state index contributed by atoms with van der Waals surface area (Å²) in [4.78, 5) is 16.3. The van der Waals surface area contributed by atoms with E-state index in [1.165, 1.54) is 0 Å². The molecule has 0 fully saturated rings. The zero-order valence-corrected chi connectivity index (χ0v) is 14.5. The minimum atomic E-state index is 0.0886. The highest BCUT2D eigenvalue weighted by Gasteiger charge is 2.19. The molecule has 0 unspecified atom stereocenters. The molecule has 2 aromatic carbocycles. The molecular formula is C22H16N2O3. The molecular weight excluding hydrogens is 340 g/mol. The minimum Gasteiger partial charge on any atom is -0.492 e. The number of ketones is 1. The first kappa shape index (κ1) is 16.8. The van der Waals surface area contributed by atoms with E-state index in [-0.39, 0.29) is 5.78 Å². The van der Waals surface area contributed by atoms with E-state index in [0.29, 0.717) is 47.8 Å². The van der Waals surface area contributed by atoms with Crippen molar-refractivity contribution in [2.24, 2.45) is 0 Å². The molecule has 5 heteroatoms. The van der Waals surface area contributed by atoms with Crippen molar-refractivity contribution in [2.75, 3.05) is 6.61 Å². The van der Waals surface area contributed by atoms with Gasteiger partial charge in [-0.15, -0.1) is 0 Å². The third-order valence-corrected chi connectivity index (χ3v) is 4.37. The molecule has 0 atom stereocenters. The lowest BCUT2D eigenvalue weighted by molar-refractivity contribution is 0.0933. The van der Waals surface area contributed by atoms with Crippen molar-refractivity contribution < 1.29 is 14.3 Å². The van der Waals surface area contributed by atoms with Gasteiger partial charge in [-0.3, -0.25) is 9.78 Å². The number of rotatable bonds is 4. The van der Waals surface area contributed by atoms with Gasteiger partial charge in [0.2, 0.25) is 0 Å². The van der Waals surface area contributed by atoms with E-state index in [9.17, 15) is 4.79 Å². The van der Waals surface area contributed by atoms with Crippen LogP contribution in [0.2, 0.25) is 0 Å². The minimum absolute atomic E-state index is 0.0886. The number of nitrogens with zero attached hydrogens (tertiary/aromatic N) is 2. The highest BCUT2D eigenvalue weighted by atomic mass is 16.5. The summed E-state index contributed by atoms with van der Waals surface area (Å²) in [6.45, 7) is 0.395. The summed E-state index contributed by atoms with van der Waals surface area (Å²) >= 11 is 0. The number of hydrogen-bond acceptors (Lipinski definition) is 5. The number of benzene rings is 2. The molecule has 0 N–H and O–H groups in total. The maximum Gasteiger partial charge on any atom is 0.169 e. The van der Waals surface area contributed by atoms with Crippen molar-refractivity contribution in [3.63, 3.8) is 0 Å². The summed E-state index contributed by atoms with van der Waals surface area (Å²) in [6.07, 6.45) is 2.72. The van der Waals surface area contributed by atoms with Crippen LogP contribution in [-0.4, -0.2) is 17.4 Å². The monoisotopic (exact) mass is 356 g/mol. The highest BCUT2D eigenvalue weighted by Crippen LogP contribution is 2.32. The molecule has 0 aliphatic carbocycles. The summed E-state index contributed by atoms with van der Waals surface area (Å²) < 4.78 is 11.6. The van der Waals surface area contributed by atoms with E-state index in [1.807, 2.05) is 24.3 Å². The smallest absolute Gasteiger partial charge is 0.169 e. The quantitative estimate of drug-likeness (QED) is 0.697. The van der Waals surface area contributed by atoms with E-state index in [1.54, 1.807) is 36.5 Å². The number of carbonyl (C=O) groups is 1. The first-order chi connectivity index (χ1) is 13.2. The largest absolute Gasteiger partial charge is 0.492 e. The highest BCUT2D eigenvalue weighted by molar-refractivity contribution is 5.99. The van der Waals surface area contributed by atoms with Gasteiger partial charge in [0.1, 0.15) is 17.2 Å². The molecule has 132 valence electrons. The SMILES string of the molecule is N#Cc1ccc(Cc2ncccc2Oc2ccc3c(c2)OCCC3=O)cc1. The number of ether oxygens (including phenoxy) is 2. The molecule has 0 saturated heterocycles. The van der Waals surface area contributed by atoms with E-state index < -0.39 is 0 Å². The maximum atomic E-state index is 11.9. The standard InChI is InChI=1S/C22H16N2O3/c23-14-16-5-3-15(4-6-16)12-19-21(2-1-10-24-19)27-17-7-8-18-20(25)9-11-26-22(18)13-17/h1-8,10,13H,9,11-12H2. The molecule has 0 amide bonds. The van der Waals surface area contributed by atoms with E-state index in [0.717, 1.165) is 11.3 Å². The predicted molar refractivity (Wildman–Crippen MR) is 99.2 cm³/mol. The molecule has 2 heterocycles. The predicted octanol–water partition coefficient (Wildman–Crippen LogP) is 4.30. The van der Waals surface area contributed by atoms with Crippen LogP contribution in [0.5, 0.6) is 17.2 Å². The van der Waals surface area contributed by atoms with E-state index >= 15 is 0 Å². The Balaban J connectivity index is 1.58. The molecule has 1 aliphatic heterocycles. The van der Waals surface area contributed by atoms with Crippen molar-refractivity contribution in [1.82, 2.24) is 4.98 Å². The average molecular weight is 356 g/mol. The second-order valence-corrected chi connectivity index (χ2v) is 6.22. The Morgan fingerprint density at radius 2 is 2.00 bits per heavy atom. The first-order valence-electron chi connectivity index (χ1n) is 8.64. The summed E-state index contributed by atoms with van der Waals surface area (Å²) in [6, 6.07) is 18.4. The fourth-order valence-electron chi connectivity index (χ4n) is 2.97. The Morgan fingerprint density at radius 3 is 2.81 bits per heavy atom. The van der Waals surface area contributed by atoms with Crippen LogP contribution in [0.3, 0.4) is 0 Å². The Labute approximate surface area is 156 Å². The molecule has 0 radical (unpaired) electrons. The lowest BCUT2D eigenvalue weighted by atomic mass is 10.0. The van der Waals surface area contributed by atoms with Gasteiger partial charge in [0.15, 0.2) is 5.78 Å². The Morgan fingerprint density at radius 1 is 1.15 bits per heavy atom. The molecule has 0 spiro atoms. The molecule has 27 heavy (non-hydrogen) atoms. The third-order valence-electron chi connectivity index (χ3n) is 4.37. The van der Waals surface area contributed by atoms with Crippen LogP contribution >= 0.6 is 0 Å².